The fourth-order valence-electron chi connectivity index (χ4n) is 1.79. The number of hydrazine groups is 1. The average molecular weight is 410 g/mol. The van der Waals surface area contributed by atoms with Crippen molar-refractivity contribution in [2.24, 2.45) is 5.84 Å². The van der Waals surface area contributed by atoms with Crippen LogP contribution in [0.1, 0.15) is 16.6 Å². The monoisotopic (exact) mass is 408 g/mol. The highest BCUT2D eigenvalue weighted by molar-refractivity contribution is 9.11. The lowest BCUT2D eigenvalue weighted by Crippen LogP contribution is -2.30. The first kappa shape index (κ1) is 15.1. The molecule has 3 N–H and O–H groups in total. The van der Waals surface area contributed by atoms with Crippen molar-refractivity contribution in [1.82, 2.24) is 15.2 Å². The van der Waals surface area contributed by atoms with E-state index in [0.29, 0.717) is 13.2 Å². The Morgan fingerprint density at radius 1 is 1.53 bits per heavy atom. The van der Waals surface area contributed by atoms with Gasteiger partial charge in [0.2, 0.25) is 0 Å². The maximum atomic E-state index is 5.72. The number of rotatable bonds is 6. The number of hydrogen-bond donors (Lipinski definition) is 2. The number of hydrogen-bond acceptors (Lipinski definition) is 5. The predicted molar refractivity (Wildman–Crippen MR) is 83.0 cm³/mol. The lowest BCUT2D eigenvalue weighted by Gasteiger charge is -2.17. The second-order valence-corrected chi connectivity index (χ2v) is 7.18. The summed E-state index contributed by atoms with van der Waals surface area (Å²) in [6.45, 7) is 1.29. The van der Waals surface area contributed by atoms with Crippen LogP contribution >= 0.6 is 43.2 Å². The van der Waals surface area contributed by atoms with Crippen LogP contribution in [-0.2, 0) is 11.3 Å². The van der Waals surface area contributed by atoms with E-state index in [1.807, 2.05) is 16.8 Å². The average Bonchev–Trinajstić information content (AvgIpc) is 2.97. The third kappa shape index (κ3) is 3.45. The summed E-state index contributed by atoms with van der Waals surface area (Å²) in [7, 11) is 1.67. The summed E-state index contributed by atoms with van der Waals surface area (Å²) >= 11 is 8.64. The van der Waals surface area contributed by atoms with Crippen LogP contribution in [0, 0.1) is 0 Å². The summed E-state index contributed by atoms with van der Waals surface area (Å²) in [5, 5.41) is 4.34. The first-order valence-electron chi connectivity index (χ1n) is 5.59. The van der Waals surface area contributed by atoms with Gasteiger partial charge in [0.1, 0.15) is 0 Å². The van der Waals surface area contributed by atoms with Crippen LogP contribution in [0.5, 0.6) is 0 Å². The largest absolute Gasteiger partial charge is 0.383 e. The molecule has 2 rings (SSSR count). The number of aromatic nitrogens is 2. The van der Waals surface area contributed by atoms with Crippen molar-refractivity contribution < 1.29 is 4.74 Å². The quantitative estimate of drug-likeness (QED) is 0.568. The Kier molecular flexibility index (Phi) is 5.55. The predicted octanol–water partition coefficient (Wildman–Crippen LogP) is 2.67. The second-order valence-electron chi connectivity index (χ2n) is 3.84. The Bertz CT molecular complexity index is 543. The molecule has 0 bridgehead atoms. The number of ether oxygens (including phenoxy) is 1. The zero-order valence-electron chi connectivity index (χ0n) is 10.3. The Hall–Kier alpha value is -0.250. The summed E-state index contributed by atoms with van der Waals surface area (Å²) in [6.07, 6.45) is 1.78. The van der Waals surface area contributed by atoms with Gasteiger partial charge in [0.15, 0.2) is 0 Å². The van der Waals surface area contributed by atoms with Gasteiger partial charge in [-0.3, -0.25) is 10.5 Å². The lowest BCUT2D eigenvalue weighted by molar-refractivity contribution is 0.182. The van der Waals surface area contributed by atoms with E-state index in [0.717, 1.165) is 18.8 Å². The third-order valence-electron chi connectivity index (χ3n) is 2.66. The number of nitrogens with two attached hydrogens (primary N) is 1. The topological polar surface area (TPSA) is 65.1 Å². The second kappa shape index (κ2) is 6.96. The Morgan fingerprint density at radius 2 is 2.32 bits per heavy atom. The Balaban J connectivity index is 2.34. The van der Waals surface area contributed by atoms with Gasteiger partial charge in [-0.25, -0.2) is 5.43 Å². The molecule has 8 heteroatoms. The molecule has 0 saturated heterocycles. The van der Waals surface area contributed by atoms with Crippen LogP contribution in [-0.4, -0.2) is 23.5 Å². The summed E-state index contributed by atoms with van der Waals surface area (Å²) < 4.78 is 8.99. The third-order valence-corrected chi connectivity index (χ3v) is 4.96. The number of thiophene rings is 1. The highest BCUT2D eigenvalue weighted by atomic mass is 79.9. The SMILES string of the molecule is COCCn1ncc(Br)c1C(NN)c1ccc(Br)s1. The van der Waals surface area contributed by atoms with Gasteiger partial charge >= 0.3 is 0 Å². The molecule has 0 radical (unpaired) electrons. The molecule has 0 fully saturated rings. The smallest absolute Gasteiger partial charge is 0.0981 e. The van der Waals surface area contributed by atoms with Gasteiger partial charge in [-0.1, -0.05) is 0 Å². The van der Waals surface area contributed by atoms with E-state index in [-0.39, 0.29) is 6.04 Å². The molecule has 0 spiro atoms. The molecule has 0 amide bonds. The minimum atomic E-state index is -0.106. The summed E-state index contributed by atoms with van der Waals surface area (Å²) in [5.41, 5.74) is 3.84. The summed E-state index contributed by atoms with van der Waals surface area (Å²) in [6, 6.07) is 3.94. The van der Waals surface area contributed by atoms with Gasteiger partial charge in [0.25, 0.3) is 0 Å². The van der Waals surface area contributed by atoms with E-state index >= 15 is 0 Å². The summed E-state index contributed by atoms with van der Waals surface area (Å²) in [4.78, 5) is 1.12. The molecular formula is C11H14Br2N4OS. The first-order valence-corrected chi connectivity index (χ1v) is 7.99. The van der Waals surface area contributed by atoms with Crippen molar-refractivity contribution >= 4 is 43.2 Å². The molecule has 0 aliphatic heterocycles. The van der Waals surface area contributed by atoms with E-state index < -0.39 is 0 Å². The van der Waals surface area contributed by atoms with Crippen LogP contribution in [0.25, 0.3) is 0 Å². The zero-order chi connectivity index (χ0) is 13.8. The Morgan fingerprint density at radius 3 is 2.89 bits per heavy atom. The van der Waals surface area contributed by atoms with Gasteiger partial charge in [0, 0.05) is 12.0 Å². The normalized spacial score (nSPS) is 12.8. The van der Waals surface area contributed by atoms with Crippen LogP contribution < -0.4 is 11.3 Å². The molecule has 1 atom stereocenters. The van der Waals surface area contributed by atoms with E-state index in [9.17, 15) is 0 Å². The molecule has 0 saturated carbocycles. The van der Waals surface area contributed by atoms with Crippen LogP contribution in [0.3, 0.4) is 0 Å². The van der Waals surface area contributed by atoms with Crippen molar-refractivity contribution in [2.75, 3.05) is 13.7 Å². The van der Waals surface area contributed by atoms with Gasteiger partial charge < -0.3 is 4.74 Å². The van der Waals surface area contributed by atoms with Gasteiger partial charge in [-0.15, -0.1) is 11.3 Å². The van der Waals surface area contributed by atoms with Crippen molar-refractivity contribution in [3.63, 3.8) is 0 Å². The molecule has 1 unspecified atom stereocenters. The van der Waals surface area contributed by atoms with Crippen molar-refractivity contribution in [2.45, 2.75) is 12.6 Å². The number of nitrogens with one attached hydrogen (secondary N) is 1. The van der Waals surface area contributed by atoms with Crippen molar-refractivity contribution in [3.05, 3.63) is 37.2 Å². The molecule has 104 valence electrons. The maximum Gasteiger partial charge on any atom is 0.0981 e. The molecule has 2 heterocycles. The molecule has 5 nitrogen and oxygen atoms in total. The van der Waals surface area contributed by atoms with Crippen LogP contribution in [0.2, 0.25) is 0 Å². The maximum absolute atomic E-state index is 5.72. The molecule has 2 aromatic rings. The minimum absolute atomic E-state index is 0.106. The highest BCUT2D eigenvalue weighted by Crippen LogP contribution is 2.33. The summed E-state index contributed by atoms with van der Waals surface area (Å²) in [5.74, 6) is 5.72. The van der Waals surface area contributed by atoms with Gasteiger partial charge in [-0.05, 0) is 44.0 Å². The highest BCUT2D eigenvalue weighted by Gasteiger charge is 2.22. The standard InChI is InChI=1S/C11H14Br2N4OS/c1-18-5-4-17-11(7(12)6-15-17)10(16-14)8-2-3-9(13)19-8/h2-3,6,10,16H,4-5,14H2,1H3. The molecular weight excluding hydrogens is 396 g/mol. The number of methoxy groups -OCH3 is 1. The van der Waals surface area contributed by atoms with E-state index in [1.165, 1.54) is 0 Å². The van der Waals surface area contributed by atoms with Crippen LogP contribution in [0.4, 0.5) is 0 Å². The van der Waals surface area contributed by atoms with Gasteiger partial charge in [-0.2, -0.15) is 5.10 Å². The zero-order valence-corrected chi connectivity index (χ0v) is 14.3. The van der Waals surface area contributed by atoms with Crippen molar-refractivity contribution in [3.8, 4) is 0 Å². The Labute approximate surface area is 132 Å². The molecule has 19 heavy (non-hydrogen) atoms. The lowest BCUT2D eigenvalue weighted by atomic mass is 10.2. The van der Waals surface area contributed by atoms with Gasteiger partial charge in [0.05, 0.1) is 39.3 Å². The number of halogens is 2. The molecule has 0 aromatic carbocycles. The first-order chi connectivity index (χ1) is 9.17. The fourth-order valence-corrected chi connectivity index (χ4v) is 3.81. The van der Waals surface area contributed by atoms with Crippen molar-refractivity contribution in [1.29, 1.82) is 0 Å². The molecule has 2 aromatic heterocycles. The van der Waals surface area contributed by atoms with E-state index in [1.54, 1.807) is 24.6 Å². The molecule has 0 aliphatic rings. The molecule has 0 aliphatic carbocycles. The van der Waals surface area contributed by atoms with Crippen LogP contribution in [0.15, 0.2) is 26.6 Å². The fraction of sp³-hybridized carbons (Fsp3) is 0.364. The van der Waals surface area contributed by atoms with E-state index in [2.05, 4.69) is 42.4 Å². The number of nitrogens with zero attached hydrogens (tertiary/aromatic N) is 2. The van der Waals surface area contributed by atoms with E-state index in [4.69, 9.17) is 10.6 Å². The minimum Gasteiger partial charge on any atom is -0.383 e.